The average Bonchev–Trinajstić information content (AvgIpc) is 2.95. The minimum Gasteiger partial charge on any atom is -0.480 e. The maximum absolute atomic E-state index is 14.1. The lowest BCUT2D eigenvalue weighted by atomic mass is 9.74. The van der Waals surface area contributed by atoms with E-state index in [0.29, 0.717) is 18.2 Å². The van der Waals surface area contributed by atoms with Crippen LogP contribution in [0.1, 0.15) is 71.8 Å². The maximum atomic E-state index is 14.1. The molecule has 1 aromatic carbocycles. The molecule has 13 nitrogen and oxygen atoms in total. The molecule has 2 aliphatic rings. The zero-order chi connectivity index (χ0) is 32.0. The van der Waals surface area contributed by atoms with Crippen molar-refractivity contribution in [2.24, 2.45) is 17.1 Å². The van der Waals surface area contributed by atoms with Gasteiger partial charge in [-0.3, -0.25) is 24.8 Å². The van der Waals surface area contributed by atoms with Crippen molar-refractivity contribution in [1.29, 1.82) is 5.41 Å². The summed E-state index contributed by atoms with van der Waals surface area (Å²) in [5.41, 5.74) is 4.59. The van der Waals surface area contributed by atoms with Gasteiger partial charge in [-0.15, -0.1) is 4.83 Å². The molecule has 1 saturated heterocycles. The molecule has 3 rings (SSSR count). The number of rotatable bonds is 11. The van der Waals surface area contributed by atoms with Crippen LogP contribution >= 0.6 is 0 Å². The number of guanidine groups is 1. The van der Waals surface area contributed by atoms with Crippen molar-refractivity contribution in [3.05, 3.63) is 29.8 Å². The van der Waals surface area contributed by atoms with Crippen LogP contribution in [0.4, 0.5) is 0 Å². The Labute approximate surface area is 254 Å². The Balaban J connectivity index is 1.90. The van der Waals surface area contributed by atoms with Crippen LogP contribution in [0.25, 0.3) is 0 Å². The Kier molecular flexibility index (Phi) is 11.2. The number of carboxylic acid groups (broad SMARTS) is 1. The van der Waals surface area contributed by atoms with E-state index in [0.717, 1.165) is 37.7 Å². The number of carboxylic acids is 1. The van der Waals surface area contributed by atoms with Crippen molar-refractivity contribution >= 4 is 33.8 Å². The number of amides is 2. The van der Waals surface area contributed by atoms with Gasteiger partial charge in [0.1, 0.15) is 12.0 Å². The molecule has 2 fully saturated rings. The molecule has 1 heterocycles. The van der Waals surface area contributed by atoms with Gasteiger partial charge in [-0.1, -0.05) is 65.0 Å². The molecule has 0 spiro atoms. The van der Waals surface area contributed by atoms with E-state index in [1.165, 1.54) is 19.1 Å². The minimum atomic E-state index is -4.38. The second kappa shape index (κ2) is 14.0. The lowest BCUT2D eigenvalue weighted by Gasteiger charge is -2.38. The lowest BCUT2D eigenvalue weighted by molar-refractivity contribution is -0.157. The minimum absolute atomic E-state index is 0.0217. The van der Waals surface area contributed by atoms with Gasteiger partial charge in [-0.25, -0.2) is 8.42 Å². The fourth-order valence-electron chi connectivity index (χ4n) is 5.70. The fraction of sp³-hybridized carbons (Fsp3) is 0.655. The van der Waals surface area contributed by atoms with E-state index >= 15 is 0 Å². The Morgan fingerprint density at radius 2 is 1.74 bits per heavy atom. The molecule has 1 aromatic rings. The van der Waals surface area contributed by atoms with Gasteiger partial charge in [0.05, 0.1) is 24.2 Å². The number of nitrogens with zero attached hydrogens (tertiary/aromatic N) is 2. The Morgan fingerprint density at radius 1 is 1.12 bits per heavy atom. The van der Waals surface area contributed by atoms with Crippen LogP contribution in [0, 0.1) is 16.7 Å². The summed E-state index contributed by atoms with van der Waals surface area (Å²) >= 11 is 0. The molecular formula is C29H46N6O7S. The van der Waals surface area contributed by atoms with Crippen molar-refractivity contribution in [1.82, 2.24) is 20.1 Å². The van der Waals surface area contributed by atoms with Crippen molar-refractivity contribution in [2.45, 2.75) is 82.6 Å². The number of ether oxygens (including phenoxy) is 1. The van der Waals surface area contributed by atoms with Gasteiger partial charge in [-0.2, -0.15) is 0 Å². The van der Waals surface area contributed by atoms with Crippen LogP contribution in [0.5, 0.6) is 0 Å². The fourth-order valence-corrected chi connectivity index (χ4v) is 6.74. The van der Waals surface area contributed by atoms with Gasteiger partial charge in [0.25, 0.3) is 15.9 Å². The molecule has 2 atom stereocenters. The summed E-state index contributed by atoms with van der Waals surface area (Å²) < 4.78 is 32.2. The van der Waals surface area contributed by atoms with Gasteiger partial charge in [0.2, 0.25) is 5.91 Å². The molecule has 0 aromatic heterocycles. The van der Waals surface area contributed by atoms with Crippen LogP contribution in [0.2, 0.25) is 0 Å². The number of hydrogen-bond acceptors (Lipinski definition) is 7. The normalized spacial score (nSPS) is 19.7. The molecule has 240 valence electrons. The zero-order valence-electron chi connectivity index (χ0n) is 25.5. The van der Waals surface area contributed by atoms with E-state index in [2.05, 4.69) is 10.1 Å². The van der Waals surface area contributed by atoms with E-state index in [1.54, 1.807) is 17.0 Å². The number of morpholine rings is 1. The van der Waals surface area contributed by atoms with Crippen LogP contribution in [0.15, 0.2) is 29.2 Å². The van der Waals surface area contributed by atoms with Gasteiger partial charge < -0.3 is 25.8 Å². The van der Waals surface area contributed by atoms with Crippen molar-refractivity contribution in [2.75, 3.05) is 32.8 Å². The summed E-state index contributed by atoms with van der Waals surface area (Å²) in [6.07, 6.45) is 4.66. The summed E-state index contributed by atoms with van der Waals surface area (Å²) in [7, 11) is -4.38. The average molecular weight is 623 g/mol. The highest BCUT2D eigenvalue weighted by atomic mass is 32.2. The largest absolute Gasteiger partial charge is 0.480 e. The SMILES string of the molecule is CC(C)(C)c1ccc(S(=O)(=O)NN(CC(=O)O)C(=O)[C@@](C)(CC2CCCCC2)C(=O)NC[C@H]2COCCN2C(=N)N)cc1. The first kappa shape index (κ1) is 34.3. The topological polar surface area (TPSA) is 195 Å². The highest BCUT2D eigenvalue weighted by Crippen LogP contribution is 2.36. The number of nitrogens with two attached hydrogens (primary N) is 1. The number of aliphatic carboxylic acids is 1. The number of carbonyl (C=O) groups is 3. The molecule has 2 amide bonds. The first-order valence-electron chi connectivity index (χ1n) is 14.7. The molecule has 0 unspecified atom stereocenters. The van der Waals surface area contributed by atoms with Crippen molar-refractivity contribution in [3.63, 3.8) is 0 Å². The van der Waals surface area contributed by atoms with Crippen molar-refractivity contribution in [3.8, 4) is 0 Å². The number of hydrazine groups is 1. The second-order valence-electron chi connectivity index (χ2n) is 12.7. The van der Waals surface area contributed by atoms with E-state index < -0.39 is 45.8 Å². The zero-order valence-corrected chi connectivity index (χ0v) is 26.3. The van der Waals surface area contributed by atoms with E-state index in [4.69, 9.17) is 15.9 Å². The summed E-state index contributed by atoms with van der Waals surface area (Å²) in [4.78, 5) is 43.4. The van der Waals surface area contributed by atoms with Crippen LogP contribution in [0.3, 0.4) is 0 Å². The predicted molar refractivity (Wildman–Crippen MR) is 160 cm³/mol. The molecule has 0 bridgehead atoms. The first-order chi connectivity index (χ1) is 20.0. The molecule has 1 aliphatic carbocycles. The molecule has 1 aliphatic heterocycles. The quantitative estimate of drug-likeness (QED) is 0.106. The third-order valence-corrected chi connectivity index (χ3v) is 9.58. The number of sulfonamides is 1. The smallest absolute Gasteiger partial charge is 0.324 e. The number of benzene rings is 1. The lowest BCUT2D eigenvalue weighted by Crippen LogP contribution is -2.60. The van der Waals surface area contributed by atoms with E-state index in [9.17, 15) is 27.9 Å². The number of hydrogen-bond donors (Lipinski definition) is 5. The van der Waals surface area contributed by atoms with Gasteiger partial charge in [0, 0.05) is 13.1 Å². The van der Waals surface area contributed by atoms with Gasteiger partial charge in [-0.05, 0) is 42.4 Å². The molecule has 14 heteroatoms. The summed E-state index contributed by atoms with van der Waals surface area (Å²) in [5.74, 6) is -3.22. The molecule has 43 heavy (non-hydrogen) atoms. The van der Waals surface area contributed by atoms with E-state index in [1.807, 2.05) is 20.8 Å². The number of carbonyl (C=O) groups excluding carboxylic acids is 2. The molecular weight excluding hydrogens is 576 g/mol. The Bertz CT molecular complexity index is 1270. The summed E-state index contributed by atoms with van der Waals surface area (Å²) in [5, 5.41) is 20.8. The molecule has 1 saturated carbocycles. The van der Waals surface area contributed by atoms with E-state index in [-0.39, 0.29) is 41.8 Å². The Hall–Kier alpha value is -3.23. The van der Waals surface area contributed by atoms with Crippen LogP contribution in [-0.2, 0) is 34.6 Å². The highest BCUT2D eigenvalue weighted by Gasteiger charge is 2.47. The molecule has 0 radical (unpaired) electrons. The van der Waals surface area contributed by atoms with Crippen LogP contribution < -0.4 is 15.9 Å². The predicted octanol–water partition coefficient (Wildman–Crippen LogP) is 1.78. The second-order valence-corrected chi connectivity index (χ2v) is 14.4. The highest BCUT2D eigenvalue weighted by molar-refractivity contribution is 7.89. The molecule has 6 N–H and O–H groups in total. The third kappa shape index (κ3) is 8.89. The monoisotopic (exact) mass is 622 g/mol. The van der Waals surface area contributed by atoms with Crippen LogP contribution in [-0.4, -0.2) is 86.1 Å². The maximum Gasteiger partial charge on any atom is 0.324 e. The van der Waals surface area contributed by atoms with Gasteiger partial charge in [0.15, 0.2) is 5.96 Å². The summed E-state index contributed by atoms with van der Waals surface area (Å²) in [6.45, 7) is 7.39. The van der Waals surface area contributed by atoms with Gasteiger partial charge >= 0.3 is 5.97 Å². The standard InChI is InChI=1S/C29H46N6O7S/c1-28(2,3)21-10-12-23(13-11-21)43(40,41)33-35(18-24(36)37)26(39)29(4,16-20-8-6-5-7-9-20)25(38)32-17-22-19-42-15-14-34(22)27(30)31/h10-13,20,22,33H,5-9,14-19H2,1-4H3,(H3,30,31)(H,32,38)(H,36,37)/t22-,29-/m0/s1. The third-order valence-electron chi connectivity index (χ3n) is 8.23. The first-order valence-corrected chi connectivity index (χ1v) is 16.2. The number of nitrogens with one attached hydrogen (secondary N) is 3. The summed E-state index contributed by atoms with van der Waals surface area (Å²) in [6, 6.07) is 5.69. The Morgan fingerprint density at radius 3 is 2.30 bits per heavy atom. The van der Waals surface area contributed by atoms with Crippen molar-refractivity contribution < 1.29 is 32.6 Å².